The Balaban J connectivity index is 1.98. The molecule has 8 heteroatoms. The van der Waals surface area contributed by atoms with E-state index in [1.54, 1.807) is 24.1 Å². The lowest BCUT2D eigenvalue weighted by atomic mass is 9.99. The summed E-state index contributed by atoms with van der Waals surface area (Å²) in [5.41, 5.74) is 2.95. The molecule has 1 aliphatic heterocycles. The van der Waals surface area contributed by atoms with Crippen LogP contribution in [0.25, 0.3) is 0 Å². The summed E-state index contributed by atoms with van der Waals surface area (Å²) in [6.45, 7) is 2.96. The van der Waals surface area contributed by atoms with Crippen molar-refractivity contribution in [1.29, 1.82) is 0 Å². The van der Waals surface area contributed by atoms with Crippen LogP contribution in [0.2, 0.25) is 0 Å². The minimum absolute atomic E-state index is 0.0261. The van der Waals surface area contributed by atoms with E-state index < -0.39 is 4.92 Å². The van der Waals surface area contributed by atoms with Crippen LogP contribution in [0.1, 0.15) is 39.8 Å². The van der Waals surface area contributed by atoms with E-state index >= 15 is 0 Å². The quantitative estimate of drug-likeness (QED) is 0.497. The van der Waals surface area contributed by atoms with Crippen LogP contribution in [-0.2, 0) is 4.74 Å². The first-order valence-corrected chi connectivity index (χ1v) is 7.63. The van der Waals surface area contributed by atoms with Gasteiger partial charge in [-0.2, -0.15) is 5.10 Å². The van der Waals surface area contributed by atoms with Gasteiger partial charge in [-0.25, -0.2) is 0 Å². The molecule has 1 aromatic carbocycles. The number of nitro benzene ring substituents is 1. The highest BCUT2D eigenvalue weighted by atomic mass is 16.6. The highest BCUT2D eigenvalue weighted by Gasteiger charge is 2.41. The predicted octanol–water partition coefficient (Wildman–Crippen LogP) is 2.21. The summed E-state index contributed by atoms with van der Waals surface area (Å²) >= 11 is 0. The van der Waals surface area contributed by atoms with E-state index in [9.17, 15) is 14.9 Å². The fraction of sp³-hybridized carbons (Fsp3) is 0.375. The summed E-state index contributed by atoms with van der Waals surface area (Å²) in [5.74, 6) is -0.131. The van der Waals surface area contributed by atoms with Crippen LogP contribution < -0.4 is 0 Å². The SMILES string of the molecule is COCCCN1C(=O)c2n[nH]c(C)c2C1c1ccc([N+](=O)[O-])cc1. The summed E-state index contributed by atoms with van der Waals surface area (Å²) in [4.78, 5) is 24.8. The first kappa shape index (κ1) is 16.1. The van der Waals surface area contributed by atoms with Gasteiger partial charge in [-0.3, -0.25) is 20.0 Å². The summed E-state index contributed by atoms with van der Waals surface area (Å²) in [5, 5.41) is 17.8. The molecule has 1 amide bonds. The zero-order valence-electron chi connectivity index (χ0n) is 13.5. The van der Waals surface area contributed by atoms with Crippen molar-refractivity contribution in [2.75, 3.05) is 20.3 Å². The molecule has 1 unspecified atom stereocenters. The van der Waals surface area contributed by atoms with Gasteiger partial charge in [-0.05, 0) is 31.0 Å². The molecule has 1 aliphatic rings. The van der Waals surface area contributed by atoms with Crippen LogP contribution in [0.4, 0.5) is 5.69 Å². The van der Waals surface area contributed by atoms with Crippen LogP contribution in [0.5, 0.6) is 0 Å². The van der Waals surface area contributed by atoms with E-state index in [1.165, 1.54) is 12.1 Å². The van der Waals surface area contributed by atoms with Gasteiger partial charge in [0, 0.05) is 43.7 Å². The van der Waals surface area contributed by atoms with Crippen molar-refractivity contribution in [1.82, 2.24) is 15.1 Å². The van der Waals surface area contributed by atoms with Gasteiger partial charge in [0.15, 0.2) is 5.69 Å². The Kier molecular flexibility index (Phi) is 4.30. The van der Waals surface area contributed by atoms with Gasteiger partial charge < -0.3 is 9.64 Å². The van der Waals surface area contributed by atoms with E-state index in [1.807, 2.05) is 6.92 Å². The average molecular weight is 330 g/mol. The van der Waals surface area contributed by atoms with Crippen molar-refractivity contribution in [2.24, 2.45) is 0 Å². The van der Waals surface area contributed by atoms with E-state index in [0.717, 1.165) is 16.8 Å². The second kappa shape index (κ2) is 6.40. The Bertz CT molecular complexity index is 769. The van der Waals surface area contributed by atoms with Gasteiger partial charge >= 0.3 is 0 Å². The van der Waals surface area contributed by atoms with Crippen molar-refractivity contribution < 1.29 is 14.5 Å². The maximum absolute atomic E-state index is 12.7. The number of nitrogens with zero attached hydrogens (tertiary/aromatic N) is 3. The Hall–Kier alpha value is -2.74. The molecule has 24 heavy (non-hydrogen) atoms. The number of ether oxygens (including phenoxy) is 1. The number of aromatic nitrogens is 2. The number of benzene rings is 1. The Morgan fingerprint density at radius 1 is 1.38 bits per heavy atom. The van der Waals surface area contributed by atoms with Crippen LogP contribution in [-0.4, -0.2) is 46.2 Å². The van der Waals surface area contributed by atoms with Crippen LogP contribution in [0.3, 0.4) is 0 Å². The Labute approximate surface area is 138 Å². The molecule has 2 aromatic rings. The molecule has 0 saturated heterocycles. The second-order valence-corrected chi connectivity index (χ2v) is 5.71. The first-order chi connectivity index (χ1) is 11.5. The number of methoxy groups -OCH3 is 1. The van der Waals surface area contributed by atoms with E-state index in [-0.39, 0.29) is 17.6 Å². The number of H-pyrrole nitrogens is 1. The van der Waals surface area contributed by atoms with Gasteiger partial charge in [0.25, 0.3) is 11.6 Å². The number of hydrogen-bond donors (Lipinski definition) is 1. The molecule has 1 aromatic heterocycles. The third-order valence-electron chi connectivity index (χ3n) is 4.21. The summed E-state index contributed by atoms with van der Waals surface area (Å²) in [7, 11) is 1.62. The fourth-order valence-electron chi connectivity index (χ4n) is 3.08. The fourth-order valence-corrected chi connectivity index (χ4v) is 3.08. The lowest BCUT2D eigenvalue weighted by molar-refractivity contribution is -0.384. The number of amides is 1. The van der Waals surface area contributed by atoms with Crippen molar-refractivity contribution in [3.8, 4) is 0 Å². The molecule has 1 atom stereocenters. The van der Waals surface area contributed by atoms with Gasteiger partial charge in [-0.15, -0.1) is 0 Å². The predicted molar refractivity (Wildman–Crippen MR) is 85.8 cm³/mol. The molecular formula is C16H18N4O4. The number of carbonyl (C=O) groups excluding carboxylic acids is 1. The number of carbonyl (C=O) groups is 1. The standard InChI is InChI=1S/C16H18N4O4/c1-10-13-14(18-17-10)16(21)19(8-3-9-24-2)15(13)11-4-6-12(7-5-11)20(22)23/h4-7,15H,3,8-9H2,1-2H3,(H,17,18). The molecule has 0 bridgehead atoms. The molecule has 0 saturated carbocycles. The average Bonchev–Trinajstić information content (AvgIpc) is 3.07. The van der Waals surface area contributed by atoms with Gasteiger partial charge in [-0.1, -0.05) is 0 Å². The van der Waals surface area contributed by atoms with Crippen molar-refractivity contribution in [2.45, 2.75) is 19.4 Å². The molecule has 2 heterocycles. The highest BCUT2D eigenvalue weighted by molar-refractivity contribution is 5.98. The molecule has 0 fully saturated rings. The Morgan fingerprint density at radius 2 is 2.08 bits per heavy atom. The molecular weight excluding hydrogens is 312 g/mol. The number of hydrogen-bond acceptors (Lipinski definition) is 5. The number of aryl methyl sites for hydroxylation is 1. The van der Waals surface area contributed by atoms with Gasteiger partial charge in [0.2, 0.25) is 0 Å². The number of nitrogens with one attached hydrogen (secondary N) is 1. The number of aromatic amines is 1. The van der Waals surface area contributed by atoms with E-state index in [0.29, 0.717) is 25.3 Å². The lowest BCUT2D eigenvalue weighted by Crippen LogP contribution is -2.31. The Morgan fingerprint density at radius 3 is 2.71 bits per heavy atom. The minimum atomic E-state index is -0.436. The van der Waals surface area contributed by atoms with E-state index in [4.69, 9.17) is 4.74 Å². The third-order valence-corrected chi connectivity index (χ3v) is 4.21. The smallest absolute Gasteiger partial charge is 0.275 e. The van der Waals surface area contributed by atoms with Gasteiger partial charge in [0.1, 0.15) is 0 Å². The second-order valence-electron chi connectivity index (χ2n) is 5.71. The summed E-state index contributed by atoms with van der Waals surface area (Å²) in [6.07, 6.45) is 0.707. The zero-order valence-corrected chi connectivity index (χ0v) is 13.5. The largest absolute Gasteiger partial charge is 0.385 e. The van der Waals surface area contributed by atoms with Crippen LogP contribution in [0, 0.1) is 17.0 Å². The molecule has 1 N–H and O–H groups in total. The van der Waals surface area contributed by atoms with Crippen molar-refractivity contribution >= 4 is 11.6 Å². The number of rotatable bonds is 6. The number of nitro groups is 1. The minimum Gasteiger partial charge on any atom is -0.385 e. The lowest BCUT2D eigenvalue weighted by Gasteiger charge is -2.26. The monoisotopic (exact) mass is 330 g/mol. The maximum atomic E-state index is 12.7. The van der Waals surface area contributed by atoms with E-state index in [2.05, 4.69) is 10.2 Å². The zero-order chi connectivity index (χ0) is 17.3. The third kappa shape index (κ3) is 2.65. The molecule has 8 nitrogen and oxygen atoms in total. The molecule has 126 valence electrons. The first-order valence-electron chi connectivity index (χ1n) is 7.63. The highest BCUT2D eigenvalue weighted by Crippen LogP contribution is 2.39. The number of non-ortho nitro benzene ring substituents is 1. The molecule has 0 spiro atoms. The molecule has 0 aliphatic carbocycles. The van der Waals surface area contributed by atoms with Crippen LogP contribution in [0.15, 0.2) is 24.3 Å². The topological polar surface area (TPSA) is 101 Å². The normalized spacial score (nSPS) is 16.5. The van der Waals surface area contributed by atoms with Gasteiger partial charge in [0.05, 0.1) is 11.0 Å². The maximum Gasteiger partial charge on any atom is 0.275 e. The summed E-state index contributed by atoms with van der Waals surface area (Å²) in [6, 6.07) is 6.02. The van der Waals surface area contributed by atoms with Crippen molar-refractivity contribution in [3.63, 3.8) is 0 Å². The van der Waals surface area contributed by atoms with Crippen molar-refractivity contribution in [3.05, 3.63) is 56.9 Å². The van der Waals surface area contributed by atoms with Crippen LogP contribution >= 0.6 is 0 Å². The number of fused-ring (bicyclic) bond motifs is 1. The summed E-state index contributed by atoms with van der Waals surface area (Å²) < 4.78 is 5.07. The molecule has 0 radical (unpaired) electrons. The molecule has 3 rings (SSSR count).